The van der Waals surface area contributed by atoms with Crippen molar-refractivity contribution in [2.24, 2.45) is 0 Å². The highest BCUT2D eigenvalue weighted by atomic mass is 32.1. The minimum atomic E-state index is -0.182. The van der Waals surface area contributed by atoms with Gasteiger partial charge in [0.15, 0.2) is 0 Å². The molecule has 1 aliphatic rings. The van der Waals surface area contributed by atoms with Crippen molar-refractivity contribution in [2.75, 3.05) is 5.32 Å². The maximum atomic E-state index is 12.5. The Labute approximate surface area is 140 Å². The molecular formula is C15H13N5OS2. The topological polar surface area (TPSA) is 80.7 Å². The molecule has 0 radical (unpaired) electrons. The van der Waals surface area contributed by atoms with Gasteiger partial charge in [-0.3, -0.25) is 15.1 Å². The van der Waals surface area contributed by atoms with Crippen LogP contribution in [0.15, 0.2) is 24.5 Å². The Morgan fingerprint density at radius 2 is 2.00 bits per heavy atom. The minimum Gasteiger partial charge on any atom is -0.296 e. The third-order valence-corrected chi connectivity index (χ3v) is 5.72. The summed E-state index contributed by atoms with van der Waals surface area (Å²) in [5.41, 5.74) is 1.67. The second kappa shape index (κ2) is 5.78. The molecule has 3 heterocycles. The molecule has 1 fully saturated rings. The zero-order valence-electron chi connectivity index (χ0n) is 12.3. The predicted octanol–water partition coefficient (Wildman–Crippen LogP) is 3.49. The number of hydrogen-bond acceptors (Lipinski definition) is 7. The van der Waals surface area contributed by atoms with Crippen molar-refractivity contribution in [3.63, 3.8) is 0 Å². The summed E-state index contributed by atoms with van der Waals surface area (Å²) in [6.07, 6.45) is 5.77. The van der Waals surface area contributed by atoms with E-state index < -0.39 is 0 Å². The van der Waals surface area contributed by atoms with Crippen molar-refractivity contribution in [3.8, 4) is 10.6 Å². The zero-order chi connectivity index (χ0) is 15.8. The smallest absolute Gasteiger partial charge is 0.269 e. The summed E-state index contributed by atoms with van der Waals surface area (Å²) in [4.78, 5) is 21.5. The van der Waals surface area contributed by atoms with Crippen LogP contribution < -0.4 is 5.32 Å². The second-order valence-corrected chi connectivity index (χ2v) is 7.35. The quantitative estimate of drug-likeness (QED) is 0.784. The summed E-state index contributed by atoms with van der Waals surface area (Å²) < 4.78 is 0. The number of nitrogens with one attached hydrogen (secondary N) is 1. The van der Waals surface area contributed by atoms with E-state index in [1.54, 1.807) is 12.4 Å². The lowest BCUT2D eigenvalue weighted by atomic mass is 10.3. The molecule has 3 aromatic heterocycles. The fraction of sp³-hybridized carbons (Fsp3) is 0.267. The number of thiazole rings is 1. The van der Waals surface area contributed by atoms with E-state index in [4.69, 9.17) is 0 Å². The Balaban J connectivity index is 1.54. The number of aryl methyl sites for hydroxylation is 1. The van der Waals surface area contributed by atoms with Crippen LogP contribution >= 0.6 is 22.7 Å². The van der Waals surface area contributed by atoms with E-state index in [2.05, 4.69) is 25.5 Å². The van der Waals surface area contributed by atoms with Crippen LogP contribution in [0.25, 0.3) is 10.6 Å². The predicted molar refractivity (Wildman–Crippen MR) is 89.9 cm³/mol. The van der Waals surface area contributed by atoms with Crippen LogP contribution in [0, 0.1) is 6.92 Å². The molecule has 1 N–H and O–H groups in total. The van der Waals surface area contributed by atoms with E-state index in [9.17, 15) is 4.79 Å². The van der Waals surface area contributed by atoms with Crippen LogP contribution in [0.5, 0.6) is 0 Å². The summed E-state index contributed by atoms with van der Waals surface area (Å²) in [7, 11) is 0. The highest BCUT2D eigenvalue weighted by Crippen LogP contribution is 2.42. The molecule has 0 saturated heterocycles. The molecule has 0 atom stereocenters. The molecule has 1 amide bonds. The summed E-state index contributed by atoms with van der Waals surface area (Å²) in [6, 6.07) is 3.76. The highest BCUT2D eigenvalue weighted by Gasteiger charge is 2.28. The number of carbonyl (C=O) groups is 1. The number of nitrogens with zero attached hydrogens (tertiary/aromatic N) is 4. The van der Waals surface area contributed by atoms with Crippen LogP contribution in [0.2, 0.25) is 0 Å². The maximum absolute atomic E-state index is 12.5. The van der Waals surface area contributed by atoms with Gasteiger partial charge in [0, 0.05) is 23.9 Å². The minimum absolute atomic E-state index is 0.182. The first-order chi connectivity index (χ1) is 11.2. The molecule has 0 unspecified atom stereocenters. The molecule has 0 spiro atoms. The Bertz CT molecular complexity index is 854. The molecular weight excluding hydrogens is 330 g/mol. The Kier molecular flexibility index (Phi) is 3.62. The summed E-state index contributed by atoms with van der Waals surface area (Å²) >= 11 is 2.83. The van der Waals surface area contributed by atoms with Gasteiger partial charge in [-0.15, -0.1) is 21.5 Å². The fourth-order valence-electron chi connectivity index (χ4n) is 2.16. The normalized spacial score (nSPS) is 14.0. The van der Waals surface area contributed by atoms with Gasteiger partial charge < -0.3 is 0 Å². The average Bonchev–Trinajstić information content (AvgIpc) is 3.19. The third kappa shape index (κ3) is 2.99. The van der Waals surface area contributed by atoms with Gasteiger partial charge in [-0.2, -0.15) is 0 Å². The van der Waals surface area contributed by atoms with Crippen molar-refractivity contribution in [3.05, 3.63) is 40.1 Å². The van der Waals surface area contributed by atoms with Gasteiger partial charge in [-0.05, 0) is 31.9 Å². The molecule has 116 valence electrons. The monoisotopic (exact) mass is 343 g/mol. The lowest BCUT2D eigenvalue weighted by Crippen LogP contribution is -2.11. The molecule has 4 rings (SSSR count). The van der Waals surface area contributed by atoms with Gasteiger partial charge in [-0.1, -0.05) is 11.3 Å². The summed E-state index contributed by atoms with van der Waals surface area (Å²) in [5.74, 6) is 0.361. The lowest BCUT2D eigenvalue weighted by Gasteiger charge is -1.98. The van der Waals surface area contributed by atoms with Gasteiger partial charge in [-0.25, -0.2) is 4.98 Å². The molecule has 0 bridgehead atoms. The van der Waals surface area contributed by atoms with Crippen LogP contribution in [0.1, 0.15) is 39.1 Å². The standard InChI is InChI=1S/C15H13N5OS2/c1-8-11(22-13(17-8)10-4-6-16-7-5-10)12(21)18-15-20-19-14(23-15)9-2-3-9/h4-7,9H,2-3H2,1H3,(H,18,20,21). The van der Waals surface area contributed by atoms with E-state index in [1.807, 2.05) is 19.1 Å². The number of rotatable bonds is 4. The number of aromatic nitrogens is 4. The van der Waals surface area contributed by atoms with Crippen LogP contribution in [0.3, 0.4) is 0 Å². The third-order valence-electron chi connectivity index (χ3n) is 3.52. The average molecular weight is 343 g/mol. The van der Waals surface area contributed by atoms with Gasteiger partial charge in [0.2, 0.25) is 5.13 Å². The van der Waals surface area contributed by atoms with Gasteiger partial charge >= 0.3 is 0 Å². The number of anilines is 1. The summed E-state index contributed by atoms with van der Waals surface area (Å²) in [5, 5.41) is 13.4. The largest absolute Gasteiger partial charge is 0.296 e. The molecule has 8 heteroatoms. The highest BCUT2D eigenvalue weighted by molar-refractivity contribution is 7.17. The fourth-order valence-corrected chi connectivity index (χ4v) is 4.03. The molecule has 23 heavy (non-hydrogen) atoms. The first-order valence-electron chi connectivity index (χ1n) is 7.23. The van der Waals surface area contributed by atoms with E-state index in [-0.39, 0.29) is 5.91 Å². The summed E-state index contributed by atoms with van der Waals surface area (Å²) in [6.45, 7) is 1.84. The first kappa shape index (κ1) is 14.4. The molecule has 0 aromatic carbocycles. The van der Waals surface area contributed by atoms with Crippen LogP contribution in [-0.4, -0.2) is 26.1 Å². The molecule has 6 nitrogen and oxygen atoms in total. The number of pyridine rings is 1. The van der Waals surface area contributed by atoms with Gasteiger partial charge in [0.25, 0.3) is 5.91 Å². The molecule has 0 aliphatic heterocycles. The van der Waals surface area contributed by atoms with E-state index in [0.717, 1.165) is 15.6 Å². The number of amides is 1. The maximum Gasteiger partial charge on any atom is 0.269 e. The molecule has 1 aliphatic carbocycles. The SMILES string of the molecule is Cc1nc(-c2ccncc2)sc1C(=O)Nc1nnc(C2CC2)s1. The van der Waals surface area contributed by atoms with Gasteiger partial charge in [0.1, 0.15) is 14.9 Å². The number of carbonyl (C=O) groups excluding carboxylic acids is 1. The first-order valence-corrected chi connectivity index (χ1v) is 8.86. The van der Waals surface area contributed by atoms with E-state index in [0.29, 0.717) is 21.6 Å². The van der Waals surface area contributed by atoms with Crippen molar-refractivity contribution < 1.29 is 4.79 Å². The van der Waals surface area contributed by atoms with Crippen LogP contribution in [-0.2, 0) is 0 Å². The Hall–Kier alpha value is -2.19. The van der Waals surface area contributed by atoms with Crippen molar-refractivity contribution in [2.45, 2.75) is 25.7 Å². The zero-order valence-corrected chi connectivity index (χ0v) is 13.9. The number of hydrogen-bond donors (Lipinski definition) is 1. The van der Waals surface area contributed by atoms with Crippen molar-refractivity contribution in [1.29, 1.82) is 0 Å². The lowest BCUT2D eigenvalue weighted by molar-refractivity contribution is 0.102. The Morgan fingerprint density at radius 3 is 2.74 bits per heavy atom. The van der Waals surface area contributed by atoms with E-state index >= 15 is 0 Å². The van der Waals surface area contributed by atoms with Gasteiger partial charge in [0.05, 0.1) is 5.69 Å². The van der Waals surface area contributed by atoms with Crippen molar-refractivity contribution in [1.82, 2.24) is 20.2 Å². The second-order valence-electron chi connectivity index (χ2n) is 5.34. The molecule has 1 saturated carbocycles. The Morgan fingerprint density at radius 1 is 1.22 bits per heavy atom. The van der Waals surface area contributed by atoms with Crippen LogP contribution in [0.4, 0.5) is 5.13 Å². The molecule has 3 aromatic rings. The van der Waals surface area contributed by atoms with Crippen molar-refractivity contribution >= 4 is 33.7 Å². The van der Waals surface area contributed by atoms with E-state index in [1.165, 1.54) is 35.5 Å².